The first kappa shape index (κ1) is 32.6. The fraction of sp³-hybridized carbons (Fsp3) is 0.441. The van der Waals surface area contributed by atoms with Gasteiger partial charge >= 0.3 is 12.5 Å². The molecule has 10 nitrogen and oxygen atoms in total. The number of aliphatic hydroxyl groups is 2. The van der Waals surface area contributed by atoms with Gasteiger partial charge in [-0.1, -0.05) is 38.2 Å². The Morgan fingerprint density at radius 3 is 2.72 bits per heavy atom. The maximum Gasteiger partial charge on any atom is 0.323 e. The number of nitrogen functional groups attached to an aromatic ring is 1. The van der Waals surface area contributed by atoms with Crippen LogP contribution in [0.1, 0.15) is 57.4 Å². The van der Waals surface area contributed by atoms with Crippen molar-refractivity contribution in [1.29, 1.82) is 0 Å². The summed E-state index contributed by atoms with van der Waals surface area (Å²) in [5, 5.41) is 19.7. The van der Waals surface area contributed by atoms with E-state index >= 15 is 4.39 Å². The molecule has 2 saturated heterocycles. The summed E-state index contributed by atoms with van der Waals surface area (Å²) >= 11 is 0. The fourth-order valence-electron chi connectivity index (χ4n) is 6.68. The van der Waals surface area contributed by atoms with Crippen LogP contribution in [0.5, 0.6) is 11.9 Å². The summed E-state index contributed by atoms with van der Waals surface area (Å²) < 4.78 is 54.3. The van der Waals surface area contributed by atoms with Crippen LogP contribution in [0.2, 0.25) is 0 Å². The number of hydrogen-bond donors (Lipinski definition) is 3. The highest BCUT2D eigenvalue weighted by Gasteiger charge is 2.35. The van der Waals surface area contributed by atoms with Gasteiger partial charge in [-0.25, -0.2) is 18.2 Å². The number of aliphatic hydroxyl groups excluding tert-OH is 1. The van der Waals surface area contributed by atoms with Crippen LogP contribution in [0.3, 0.4) is 0 Å². The minimum Gasteiger partial charge on any atom is -0.456 e. The molecule has 0 aliphatic carbocycles. The Morgan fingerprint density at radius 2 is 1.98 bits per heavy atom. The van der Waals surface area contributed by atoms with Gasteiger partial charge < -0.3 is 30.3 Å². The van der Waals surface area contributed by atoms with Crippen LogP contribution in [0.15, 0.2) is 24.3 Å². The highest BCUT2D eigenvalue weighted by Crippen LogP contribution is 2.43. The summed E-state index contributed by atoms with van der Waals surface area (Å²) in [6.07, 6.45) is 12.4. The number of aromatic nitrogens is 3. The van der Waals surface area contributed by atoms with Gasteiger partial charge in [0.25, 0.3) is 0 Å². The topological polar surface area (TPSA) is 130 Å². The van der Waals surface area contributed by atoms with Crippen molar-refractivity contribution in [3.63, 3.8) is 0 Å². The molecule has 47 heavy (non-hydrogen) atoms. The van der Waals surface area contributed by atoms with Gasteiger partial charge in [0.2, 0.25) is 5.88 Å². The average molecular weight is 651 g/mol. The zero-order valence-electron chi connectivity index (χ0n) is 26.1. The van der Waals surface area contributed by atoms with Crippen LogP contribution in [0.4, 0.5) is 24.7 Å². The SMILES string of the molecule is C#Cc1c(F)ccc2cc(N)cc(-c3nc4c5c(nc(OC(O)O)nc5c3F)N(CCCCCC)CO4)c12.FC1CC2CCCN2C1. The number of fused-ring (bicyclic) bond motifs is 2. The zero-order chi connectivity index (χ0) is 33.2. The third-order valence-corrected chi connectivity index (χ3v) is 8.81. The van der Waals surface area contributed by atoms with E-state index in [1.807, 2.05) is 0 Å². The van der Waals surface area contributed by atoms with Crippen molar-refractivity contribution in [3.05, 3.63) is 41.5 Å². The van der Waals surface area contributed by atoms with Gasteiger partial charge in [-0.2, -0.15) is 9.97 Å². The first-order chi connectivity index (χ1) is 22.7. The number of ether oxygens (including phenoxy) is 2. The monoisotopic (exact) mass is 650 g/mol. The molecule has 7 rings (SSSR count). The lowest BCUT2D eigenvalue weighted by molar-refractivity contribution is -0.183. The van der Waals surface area contributed by atoms with Crippen molar-refractivity contribution in [2.24, 2.45) is 0 Å². The Kier molecular flexibility index (Phi) is 9.54. The summed E-state index contributed by atoms with van der Waals surface area (Å²) in [5.74, 6) is 1.14. The highest BCUT2D eigenvalue weighted by molar-refractivity contribution is 6.05. The number of anilines is 2. The number of halogens is 3. The molecule has 3 aliphatic heterocycles. The van der Waals surface area contributed by atoms with Gasteiger partial charge in [-0.05, 0) is 55.8 Å². The van der Waals surface area contributed by atoms with Crippen molar-refractivity contribution in [3.8, 4) is 35.5 Å². The smallest absolute Gasteiger partial charge is 0.323 e. The Morgan fingerprint density at radius 1 is 1.15 bits per heavy atom. The molecule has 5 heterocycles. The lowest BCUT2D eigenvalue weighted by atomic mass is 9.95. The van der Waals surface area contributed by atoms with Crippen LogP contribution in [0, 0.1) is 24.0 Å². The van der Waals surface area contributed by atoms with E-state index in [9.17, 15) is 19.0 Å². The molecular formula is C34H37F3N6O4. The van der Waals surface area contributed by atoms with Gasteiger partial charge in [0.15, 0.2) is 18.4 Å². The van der Waals surface area contributed by atoms with Crippen LogP contribution < -0.4 is 20.1 Å². The lowest BCUT2D eigenvalue weighted by Gasteiger charge is -2.30. The number of nitrogens with zero attached hydrogens (tertiary/aromatic N) is 5. The molecule has 4 N–H and O–H groups in total. The van der Waals surface area contributed by atoms with Gasteiger partial charge in [0.05, 0.1) is 5.56 Å². The molecule has 2 atom stereocenters. The third-order valence-electron chi connectivity index (χ3n) is 8.81. The van der Waals surface area contributed by atoms with Crippen LogP contribution in [-0.4, -0.2) is 75.1 Å². The highest BCUT2D eigenvalue weighted by atomic mass is 19.1. The number of pyridine rings is 1. The average Bonchev–Trinajstić information content (AvgIpc) is 3.62. The Bertz CT molecular complexity index is 1820. The quantitative estimate of drug-likeness (QED) is 0.100. The minimum atomic E-state index is -2.22. The van der Waals surface area contributed by atoms with Crippen molar-refractivity contribution >= 4 is 33.2 Å². The predicted octanol–water partition coefficient (Wildman–Crippen LogP) is 5.26. The molecule has 3 aliphatic rings. The molecule has 4 aromatic rings. The minimum absolute atomic E-state index is 0.0570. The maximum absolute atomic E-state index is 16.3. The standard InChI is InChI=1S/C27H25F2N5O4.C7H12FN/c1-3-5-6-7-10-34-13-37-25-20-23(32-26(33-24(20)34)38-27(35)36)21(29)22(31-25)17-12-15(30)11-14-8-9-18(28)16(4-2)19(14)17;8-6-4-7-2-1-3-9(7)5-6/h2,8-9,11-12,27,35-36H,3,5-7,10,13,30H2,1H3;6-7H,1-5H2. The van der Waals surface area contributed by atoms with Gasteiger partial charge in [-0.15, -0.1) is 6.42 Å². The number of alkyl halides is 1. The van der Waals surface area contributed by atoms with Crippen molar-refractivity contribution in [2.45, 2.75) is 70.6 Å². The van der Waals surface area contributed by atoms with E-state index in [1.165, 1.54) is 31.0 Å². The third kappa shape index (κ3) is 6.58. The molecule has 0 saturated carbocycles. The van der Waals surface area contributed by atoms with Crippen molar-refractivity contribution < 1.29 is 32.9 Å². The molecule has 0 radical (unpaired) electrons. The number of rotatable bonds is 8. The molecule has 0 amide bonds. The second-order valence-corrected chi connectivity index (χ2v) is 12.0. The van der Waals surface area contributed by atoms with Crippen LogP contribution in [0.25, 0.3) is 32.9 Å². The molecule has 2 aromatic carbocycles. The Balaban J connectivity index is 0.000000366. The normalized spacial score (nSPS) is 18.6. The van der Waals surface area contributed by atoms with Gasteiger partial charge in [-0.3, -0.25) is 4.90 Å². The molecule has 2 fully saturated rings. The number of unbranched alkanes of at least 4 members (excludes halogenated alkanes) is 3. The van der Waals surface area contributed by atoms with Crippen molar-refractivity contribution in [1.82, 2.24) is 19.9 Å². The van der Waals surface area contributed by atoms with E-state index in [0.717, 1.165) is 38.6 Å². The zero-order valence-corrected chi connectivity index (χ0v) is 26.1. The number of hydrogen-bond acceptors (Lipinski definition) is 10. The largest absolute Gasteiger partial charge is 0.456 e. The summed E-state index contributed by atoms with van der Waals surface area (Å²) in [6.45, 7) is 2.36. The van der Waals surface area contributed by atoms with Crippen molar-refractivity contribution in [2.75, 3.05) is 37.0 Å². The predicted molar refractivity (Wildman–Crippen MR) is 172 cm³/mol. The Hall–Kier alpha value is -4.38. The summed E-state index contributed by atoms with van der Waals surface area (Å²) in [4.78, 5) is 16.9. The number of nitrogens with two attached hydrogens (primary N) is 1. The van der Waals surface area contributed by atoms with Crippen LogP contribution in [-0.2, 0) is 0 Å². The van der Waals surface area contributed by atoms with E-state index in [1.54, 1.807) is 11.0 Å². The molecule has 0 bridgehead atoms. The van der Waals surface area contributed by atoms with Gasteiger partial charge in [0.1, 0.15) is 28.6 Å². The Labute approximate surface area is 270 Å². The van der Waals surface area contributed by atoms with E-state index < -0.39 is 30.3 Å². The van der Waals surface area contributed by atoms with E-state index in [4.69, 9.17) is 21.6 Å². The van der Waals surface area contributed by atoms with E-state index in [2.05, 4.69) is 32.7 Å². The summed E-state index contributed by atoms with van der Waals surface area (Å²) in [5.41, 5.74) is 6.02. The summed E-state index contributed by atoms with van der Waals surface area (Å²) in [6, 6.07) is 5.93. The molecule has 2 aromatic heterocycles. The van der Waals surface area contributed by atoms with Gasteiger partial charge in [0, 0.05) is 35.8 Å². The molecule has 248 valence electrons. The molecule has 0 spiro atoms. The lowest BCUT2D eigenvalue weighted by Crippen LogP contribution is -2.33. The molecule has 2 unspecified atom stereocenters. The second-order valence-electron chi connectivity index (χ2n) is 12.0. The first-order valence-electron chi connectivity index (χ1n) is 15.9. The summed E-state index contributed by atoms with van der Waals surface area (Å²) in [7, 11) is 0. The maximum atomic E-state index is 16.3. The molecule has 13 heteroatoms. The fourth-order valence-corrected chi connectivity index (χ4v) is 6.68. The first-order valence-corrected chi connectivity index (χ1v) is 15.9. The van der Waals surface area contributed by atoms with Crippen LogP contribution >= 0.6 is 0 Å². The molecular weight excluding hydrogens is 613 g/mol. The second kappa shape index (κ2) is 13.8. The number of benzene rings is 2. The van der Waals surface area contributed by atoms with E-state index in [-0.39, 0.29) is 57.2 Å². The number of terminal acetylenes is 1. The van der Waals surface area contributed by atoms with E-state index in [0.29, 0.717) is 24.5 Å².